The molecule has 3 aromatic rings. The molecule has 0 saturated carbocycles. The zero-order valence-corrected chi connectivity index (χ0v) is 14.6. The van der Waals surface area contributed by atoms with Crippen molar-refractivity contribution >= 4 is 0 Å². The Hall–Kier alpha value is -2.77. The average Bonchev–Trinajstić information content (AvgIpc) is 2.95. The summed E-state index contributed by atoms with van der Waals surface area (Å²) < 4.78 is 41.6. The van der Waals surface area contributed by atoms with Crippen LogP contribution in [-0.2, 0) is 19.6 Å². The van der Waals surface area contributed by atoms with Gasteiger partial charge in [-0.05, 0) is 29.7 Å². The topological polar surface area (TPSA) is 56.5 Å². The summed E-state index contributed by atoms with van der Waals surface area (Å²) in [6.07, 6.45) is -1.37. The molecule has 0 amide bonds. The van der Waals surface area contributed by atoms with Crippen LogP contribution in [0.1, 0.15) is 42.4 Å². The second kappa shape index (κ2) is 6.86. The summed E-state index contributed by atoms with van der Waals surface area (Å²) in [7, 11) is 1.72. The molecule has 0 unspecified atom stereocenters. The Balaban J connectivity index is 1.93. The van der Waals surface area contributed by atoms with E-state index in [4.69, 9.17) is 0 Å². The highest BCUT2D eigenvalue weighted by Gasteiger charge is 2.34. The Morgan fingerprint density at radius 3 is 2.54 bits per heavy atom. The van der Waals surface area contributed by atoms with Crippen LogP contribution in [0.2, 0.25) is 0 Å². The first-order valence-corrected chi connectivity index (χ1v) is 8.13. The molecule has 0 aromatic carbocycles. The van der Waals surface area contributed by atoms with Gasteiger partial charge < -0.3 is 0 Å². The number of pyridine rings is 2. The van der Waals surface area contributed by atoms with E-state index < -0.39 is 11.7 Å². The van der Waals surface area contributed by atoms with Crippen molar-refractivity contribution in [2.45, 2.75) is 32.4 Å². The fourth-order valence-corrected chi connectivity index (χ4v) is 2.70. The number of aromatic nitrogens is 5. The van der Waals surface area contributed by atoms with Crippen molar-refractivity contribution in [3.05, 3.63) is 59.3 Å². The number of aryl methyl sites for hydroxylation is 1. The van der Waals surface area contributed by atoms with Gasteiger partial charge in [0.2, 0.25) is 0 Å². The number of alkyl halides is 3. The average molecular weight is 361 g/mol. The van der Waals surface area contributed by atoms with Crippen molar-refractivity contribution in [1.82, 2.24) is 24.7 Å². The lowest BCUT2D eigenvalue weighted by atomic mass is 9.98. The maximum absolute atomic E-state index is 13.3. The zero-order valence-electron chi connectivity index (χ0n) is 14.6. The second-order valence-corrected chi connectivity index (χ2v) is 6.28. The third kappa shape index (κ3) is 3.74. The van der Waals surface area contributed by atoms with E-state index in [1.807, 2.05) is 6.07 Å². The summed E-state index contributed by atoms with van der Waals surface area (Å²) in [5, 5.41) is 4.28. The quantitative estimate of drug-likeness (QED) is 0.705. The van der Waals surface area contributed by atoms with E-state index in [9.17, 15) is 13.2 Å². The van der Waals surface area contributed by atoms with Gasteiger partial charge in [0.15, 0.2) is 11.6 Å². The number of rotatable bonds is 4. The van der Waals surface area contributed by atoms with E-state index in [1.165, 1.54) is 6.20 Å². The molecule has 136 valence electrons. The highest BCUT2D eigenvalue weighted by molar-refractivity contribution is 5.48. The fraction of sp³-hybridized carbons (Fsp3) is 0.333. The smallest absolute Gasteiger partial charge is 0.261 e. The summed E-state index contributed by atoms with van der Waals surface area (Å²) in [4.78, 5) is 12.8. The SMILES string of the molecule is CC(C)c1cnc(Cc2nc(-c3ccccn3)n(C)n2)cc1C(F)(F)F. The van der Waals surface area contributed by atoms with Gasteiger partial charge in [-0.2, -0.15) is 18.3 Å². The molecule has 0 atom stereocenters. The molecule has 0 bridgehead atoms. The molecule has 0 fully saturated rings. The maximum atomic E-state index is 13.3. The Bertz CT molecular complexity index is 901. The molecule has 0 spiro atoms. The van der Waals surface area contributed by atoms with Crippen LogP contribution in [0.4, 0.5) is 13.2 Å². The van der Waals surface area contributed by atoms with Gasteiger partial charge in [0, 0.05) is 25.1 Å². The van der Waals surface area contributed by atoms with Crippen molar-refractivity contribution in [2.24, 2.45) is 7.05 Å². The molecule has 3 rings (SSSR count). The van der Waals surface area contributed by atoms with Gasteiger partial charge in [-0.15, -0.1) is 0 Å². The van der Waals surface area contributed by atoms with Gasteiger partial charge in [0.05, 0.1) is 12.0 Å². The minimum Gasteiger partial charge on any atom is -0.261 e. The van der Waals surface area contributed by atoms with E-state index in [0.29, 0.717) is 17.3 Å². The summed E-state index contributed by atoms with van der Waals surface area (Å²) in [5.74, 6) is 0.679. The van der Waals surface area contributed by atoms with Crippen molar-refractivity contribution in [3.63, 3.8) is 0 Å². The second-order valence-electron chi connectivity index (χ2n) is 6.28. The molecule has 3 aromatic heterocycles. The number of halogens is 3. The van der Waals surface area contributed by atoms with E-state index in [2.05, 4.69) is 20.1 Å². The van der Waals surface area contributed by atoms with E-state index in [1.54, 1.807) is 43.9 Å². The van der Waals surface area contributed by atoms with Crippen LogP contribution in [0, 0.1) is 0 Å². The number of nitrogens with zero attached hydrogens (tertiary/aromatic N) is 5. The molecule has 0 aliphatic carbocycles. The van der Waals surface area contributed by atoms with Crippen molar-refractivity contribution in [3.8, 4) is 11.5 Å². The third-order valence-corrected chi connectivity index (χ3v) is 3.96. The molecule has 26 heavy (non-hydrogen) atoms. The highest BCUT2D eigenvalue weighted by atomic mass is 19.4. The highest BCUT2D eigenvalue weighted by Crippen LogP contribution is 2.35. The molecule has 0 N–H and O–H groups in total. The lowest BCUT2D eigenvalue weighted by molar-refractivity contribution is -0.138. The van der Waals surface area contributed by atoms with Gasteiger partial charge in [0.1, 0.15) is 5.69 Å². The molecule has 0 aliphatic heterocycles. The van der Waals surface area contributed by atoms with Gasteiger partial charge in [-0.1, -0.05) is 19.9 Å². The molecular formula is C18H18F3N5. The lowest BCUT2D eigenvalue weighted by Gasteiger charge is -2.15. The predicted octanol–water partition coefficient (Wildman–Crippen LogP) is 4.01. The molecule has 0 radical (unpaired) electrons. The summed E-state index contributed by atoms with van der Waals surface area (Å²) in [6, 6.07) is 6.51. The van der Waals surface area contributed by atoms with Crippen molar-refractivity contribution < 1.29 is 13.2 Å². The van der Waals surface area contributed by atoms with Gasteiger partial charge >= 0.3 is 6.18 Å². The Morgan fingerprint density at radius 2 is 1.92 bits per heavy atom. The first-order valence-electron chi connectivity index (χ1n) is 8.13. The maximum Gasteiger partial charge on any atom is 0.416 e. The van der Waals surface area contributed by atoms with Gasteiger partial charge in [-0.25, -0.2) is 9.67 Å². The molecule has 3 heterocycles. The van der Waals surface area contributed by atoms with Crippen LogP contribution in [0.25, 0.3) is 11.5 Å². The fourth-order valence-electron chi connectivity index (χ4n) is 2.70. The van der Waals surface area contributed by atoms with Crippen molar-refractivity contribution in [1.29, 1.82) is 0 Å². The van der Waals surface area contributed by atoms with E-state index in [-0.39, 0.29) is 23.6 Å². The Morgan fingerprint density at radius 1 is 1.15 bits per heavy atom. The predicted molar refractivity (Wildman–Crippen MR) is 90.4 cm³/mol. The molecule has 5 nitrogen and oxygen atoms in total. The number of hydrogen-bond donors (Lipinski definition) is 0. The van der Waals surface area contributed by atoms with Crippen LogP contribution in [0.5, 0.6) is 0 Å². The Kier molecular flexibility index (Phi) is 4.76. The lowest BCUT2D eigenvalue weighted by Crippen LogP contribution is -2.12. The first-order chi connectivity index (χ1) is 12.3. The van der Waals surface area contributed by atoms with Crippen LogP contribution in [-0.4, -0.2) is 24.7 Å². The van der Waals surface area contributed by atoms with E-state index in [0.717, 1.165) is 6.07 Å². The molecule has 8 heteroatoms. The Labute approximate surface area is 148 Å². The molecule has 0 aliphatic rings. The monoisotopic (exact) mass is 361 g/mol. The minimum absolute atomic E-state index is 0.113. The number of hydrogen-bond acceptors (Lipinski definition) is 4. The minimum atomic E-state index is -4.42. The van der Waals surface area contributed by atoms with Gasteiger partial charge in [0.25, 0.3) is 0 Å². The largest absolute Gasteiger partial charge is 0.416 e. The van der Waals surface area contributed by atoms with Crippen LogP contribution in [0.3, 0.4) is 0 Å². The van der Waals surface area contributed by atoms with Gasteiger partial charge in [-0.3, -0.25) is 9.97 Å². The summed E-state index contributed by atoms with van der Waals surface area (Å²) in [5.41, 5.74) is 0.454. The standard InChI is InChI=1S/C18H18F3N5/c1-11(2)13-10-23-12(8-14(13)18(19,20)21)9-16-24-17(26(3)25-16)15-6-4-5-7-22-15/h4-8,10-11H,9H2,1-3H3. The normalized spacial score (nSPS) is 12.0. The van der Waals surface area contributed by atoms with Crippen molar-refractivity contribution in [2.75, 3.05) is 0 Å². The summed E-state index contributed by atoms with van der Waals surface area (Å²) >= 11 is 0. The van der Waals surface area contributed by atoms with Crippen LogP contribution in [0.15, 0.2) is 36.7 Å². The third-order valence-electron chi connectivity index (χ3n) is 3.96. The first kappa shape index (κ1) is 18.0. The summed E-state index contributed by atoms with van der Waals surface area (Å²) in [6.45, 7) is 3.43. The molecular weight excluding hydrogens is 343 g/mol. The molecule has 0 saturated heterocycles. The van der Waals surface area contributed by atoms with Crippen LogP contribution >= 0.6 is 0 Å². The van der Waals surface area contributed by atoms with E-state index >= 15 is 0 Å². The van der Waals surface area contributed by atoms with Crippen LogP contribution < -0.4 is 0 Å². The zero-order chi connectivity index (χ0) is 18.9.